The van der Waals surface area contributed by atoms with E-state index in [1.165, 1.54) is 44.9 Å². The fourth-order valence-electron chi connectivity index (χ4n) is 3.17. The maximum atomic E-state index is 5.66. The van der Waals surface area contributed by atoms with Gasteiger partial charge in [0.25, 0.3) is 6.01 Å². The zero-order chi connectivity index (χ0) is 13.9. The summed E-state index contributed by atoms with van der Waals surface area (Å²) in [6.07, 6.45) is 11.0. The van der Waals surface area contributed by atoms with Crippen molar-refractivity contribution in [2.45, 2.75) is 70.5 Å². The monoisotopic (exact) mass is 277 g/mol. The predicted octanol–water partition coefficient (Wildman–Crippen LogP) is 3.33. The Hall–Kier alpha value is -1.03. The lowest BCUT2D eigenvalue weighted by Gasteiger charge is -2.33. The second-order valence-corrected chi connectivity index (χ2v) is 6.47. The number of hydrogen-bond donors (Lipinski definition) is 1. The van der Waals surface area contributed by atoms with Crippen molar-refractivity contribution in [3.05, 3.63) is 12.0 Å². The van der Waals surface area contributed by atoms with Gasteiger partial charge >= 0.3 is 0 Å². The average molecular weight is 277 g/mol. The van der Waals surface area contributed by atoms with Gasteiger partial charge in [0.1, 0.15) is 6.26 Å². The standard InChI is InChI=1S/C16H27N3O/c1-3-12-4-8-15(9-5-12)19(2)16-18-14(11-20-16)10-17-13-6-7-13/h11-13,15,17H,3-10H2,1-2H3. The molecular formula is C16H27N3O. The first kappa shape index (κ1) is 13.9. The molecule has 0 aromatic carbocycles. The molecule has 2 saturated carbocycles. The highest BCUT2D eigenvalue weighted by Gasteiger charge is 2.26. The van der Waals surface area contributed by atoms with Crippen LogP contribution in [0.5, 0.6) is 0 Å². The summed E-state index contributed by atoms with van der Waals surface area (Å²) in [6.45, 7) is 3.15. The summed E-state index contributed by atoms with van der Waals surface area (Å²) in [4.78, 5) is 6.86. The van der Waals surface area contributed by atoms with E-state index in [1.807, 2.05) is 0 Å². The van der Waals surface area contributed by atoms with E-state index >= 15 is 0 Å². The molecule has 112 valence electrons. The third-order valence-electron chi connectivity index (χ3n) is 4.93. The Morgan fingerprint density at radius 2 is 2.00 bits per heavy atom. The van der Waals surface area contributed by atoms with Crippen LogP contribution in [0.2, 0.25) is 0 Å². The number of nitrogens with one attached hydrogen (secondary N) is 1. The van der Waals surface area contributed by atoms with Gasteiger partial charge in [-0.2, -0.15) is 4.98 Å². The molecule has 0 unspecified atom stereocenters. The van der Waals surface area contributed by atoms with Gasteiger partial charge < -0.3 is 14.6 Å². The lowest BCUT2D eigenvalue weighted by Crippen LogP contribution is -2.35. The Balaban J connectivity index is 1.52. The molecule has 3 rings (SSSR count). The van der Waals surface area contributed by atoms with Crippen LogP contribution >= 0.6 is 0 Å². The molecule has 0 spiro atoms. The Bertz CT molecular complexity index is 419. The van der Waals surface area contributed by atoms with Crippen LogP contribution in [0.1, 0.15) is 57.6 Å². The van der Waals surface area contributed by atoms with Gasteiger partial charge in [-0.15, -0.1) is 0 Å². The molecule has 1 N–H and O–H groups in total. The topological polar surface area (TPSA) is 41.3 Å². The van der Waals surface area contributed by atoms with E-state index in [9.17, 15) is 0 Å². The maximum Gasteiger partial charge on any atom is 0.297 e. The first-order valence-electron chi connectivity index (χ1n) is 8.17. The van der Waals surface area contributed by atoms with Crippen molar-refractivity contribution >= 4 is 6.01 Å². The highest BCUT2D eigenvalue weighted by Crippen LogP contribution is 2.31. The fraction of sp³-hybridized carbons (Fsp3) is 0.812. The minimum atomic E-state index is 0.598. The van der Waals surface area contributed by atoms with Crippen LogP contribution in [0, 0.1) is 5.92 Å². The zero-order valence-corrected chi connectivity index (χ0v) is 12.8. The Morgan fingerprint density at radius 3 is 2.65 bits per heavy atom. The molecule has 1 aromatic heterocycles. The zero-order valence-electron chi connectivity index (χ0n) is 12.8. The SMILES string of the molecule is CCC1CCC(N(C)c2nc(CNC3CC3)co2)CC1. The number of aromatic nitrogens is 1. The summed E-state index contributed by atoms with van der Waals surface area (Å²) in [7, 11) is 2.13. The predicted molar refractivity (Wildman–Crippen MR) is 80.8 cm³/mol. The van der Waals surface area contributed by atoms with Crippen molar-refractivity contribution in [2.75, 3.05) is 11.9 Å². The molecule has 0 amide bonds. The highest BCUT2D eigenvalue weighted by molar-refractivity contribution is 5.27. The van der Waals surface area contributed by atoms with Crippen LogP contribution in [0.25, 0.3) is 0 Å². The Morgan fingerprint density at radius 1 is 1.25 bits per heavy atom. The first-order valence-corrected chi connectivity index (χ1v) is 8.17. The number of rotatable bonds is 6. The molecule has 0 radical (unpaired) electrons. The molecule has 2 aliphatic carbocycles. The van der Waals surface area contributed by atoms with Crippen molar-refractivity contribution in [2.24, 2.45) is 5.92 Å². The van der Waals surface area contributed by atoms with Crippen molar-refractivity contribution in [1.82, 2.24) is 10.3 Å². The van der Waals surface area contributed by atoms with Gasteiger partial charge in [0.2, 0.25) is 0 Å². The summed E-state index contributed by atoms with van der Waals surface area (Å²) < 4.78 is 5.66. The fourth-order valence-corrected chi connectivity index (χ4v) is 3.17. The third kappa shape index (κ3) is 3.35. The van der Waals surface area contributed by atoms with Crippen LogP contribution < -0.4 is 10.2 Å². The van der Waals surface area contributed by atoms with Crippen LogP contribution in [0.15, 0.2) is 10.7 Å². The smallest absolute Gasteiger partial charge is 0.297 e. The van der Waals surface area contributed by atoms with Crippen molar-refractivity contribution < 1.29 is 4.42 Å². The number of oxazole rings is 1. The molecule has 0 saturated heterocycles. The molecular weight excluding hydrogens is 250 g/mol. The summed E-state index contributed by atoms with van der Waals surface area (Å²) >= 11 is 0. The summed E-state index contributed by atoms with van der Waals surface area (Å²) in [5, 5.41) is 3.48. The van der Waals surface area contributed by atoms with E-state index < -0.39 is 0 Å². The molecule has 4 nitrogen and oxygen atoms in total. The molecule has 20 heavy (non-hydrogen) atoms. The van der Waals surface area contributed by atoms with Gasteiger partial charge in [0.15, 0.2) is 0 Å². The molecule has 2 fully saturated rings. The second-order valence-electron chi connectivity index (χ2n) is 6.47. The molecule has 1 heterocycles. The average Bonchev–Trinajstić information content (AvgIpc) is 3.21. The number of anilines is 1. The lowest BCUT2D eigenvalue weighted by atomic mass is 9.84. The van der Waals surface area contributed by atoms with Gasteiger partial charge in [-0.25, -0.2) is 0 Å². The first-order chi connectivity index (χ1) is 9.76. The van der Waals surface area contributed by atoms with Crippen LogP contribution in [-0.4, -0.2) is 24.1 Å². The quantitative estimate of drug-likeness (QED) is 0.866. The van der Waals surface area contributed by atoms with E-state index in [0.717, 1.165) is 30.2 Å². The van der Waals surface area contributed by atoms with Crippen molar-refractivity contribution in [3.8, 4) is 0 Å². The highest BCUT2D eigenvalue weighted by atomic mass is 16.4. The molecule has 0 bridgehead atoms. The maximum absolute atomic E-state index is 5.66. The van der Waals surface area contributed by atoms with Crippen LogP contribution in [0.3, 0.4) is 0 Å². The van der Waals surface area contributed by atoms with Crippen molar-refractivity contribution in [3.63, 3.8) is 0 Å². The lowest BCUT2D eigenvalue weighted by molar-refractivity contribution is 0.307. The van der Waals surface area contributed by atoms with E-state index in [-0.39, 0.29) is 0 Å². The van der Waals surface area contributed by atoms with Gasteiger partial charge in [-0.1, -0.05) is 13.3 Å². The second kappa shape index (κ2) is 6.17. The molecule has 1 aromatic rings. The summed E-state index contributed by atoms with van der Waals surface area (Å²) in [6, 6.07) is 2.11. The van der Waals surface area contributed by atoms with E-state index in [1.54, 1.807) is 6.26 Å². The molecule has 2 aliphatic rings. The van der Waals surface area contributed by atoms with E-state index in [0.29, 0.717) is 6.04 Å². The molecule has 0 atom stereocenters. The van der Waals surface area contributed by atoms with Crippen molar-refractivity contribution in [1.29, 1.82) is 0 Å². The number of hydrogen-bond acceptors (Lipinski definition) is 4. The minimum Gasteiger partial charge on any atom is -0.432 e. The van der Waals surface area contributed by atoms with E-state index in [4.69, 9.17) is 4.42 Å². The normalized spacial score (nSPS) is 26.7. The third-order valence-corrected chi connectivity index (χ3v) is 4.93. The van der Waals surface area contributed by atoms with Gasteiger partial charge in [-0.3, -0.25) is 0 Å². The Kier molecular flexibility index (Phi) is 4.29. The van der Waals surface area contributed by atoms with Crippen LogP contribution in [0.4, 0.5) is 6.01 Å². The largest absolute Gasteiger partial charge is 0.432 e. The minimum absolute atomic E-state index is 0.598. The Labute approximate surface area is 121 Å². The molecule has 4 heteroatoms. The van der Waals surface area contributed by atoms with Gasteiger partial charge in [0.05, 0.1) is 5.69 Å². The van der Waals surface area contributed by atoms with E-state index in [2.05, 4.69) is 29.2 Å². The van der Waals surface area contributed by atoms with Gasteiger partial charge in [-0.05, 0) is 44.4 Å². The molecule has 0 aliphatic heterocycles. The summed E-state index contributed by atoms with van der Waals surface area (Å²) in [5.74, 6) is 0.933. The number of nitrogens with zero attached hydrogens (tertiary/aromatic N) is 2. The summed E-state index contributed by atoms with van der Waals surface area (Å²) in [5.41, 5.74) is 1.03. The van der Waals surface area contributed by atoms with Gasteiger partial charge in [0, 0.05) is 25.7 Å². The van der Waals surface area contributed by atoms with Crippen LogP contribution in [-0.2, 0) is 6.54 Å².